The molecule has 2 aromatic carbocycles. The second-order valence-corrected chi connectivity index (χ2v) is 8.62. The van der Waals surface area contributed by atoms with Crippen molar-refractivity contribution in [1.29, 1.82) is 0 Å². The van der Waals surface area contributed by atoms with Crippen LogP contribution in [0, 0.1) is 0 Å². The lowest BCUT2D eigenvalue weighted by Crippen LogP contribution is -2.14. The van der Waals surface area contributed by atoms with E-state index in [0.717, 1.165) is 34.0 Å². The average Bonchev–Trinajstić information content (AvgIpc) is 3.47. The number of amides is 1. The molecule has 164 valence electrons. The summed E-state index contributed by atoms with van der Waals surface area (Å²) in [5.74, 6) is 1.54. The predicted octanol–water partition coefficient (Wildman–Crippen LogP) is 3.46. The average molecular weight is 469 g/mol. The van der Waals surface area contributed by atoms with Crippen LogP contribution in [0.2, 0.25) is 0 Å². The molecule has 0 bridgehead atoms. The molecule has 0 aliphatic heterocycles. The Kier molecular flexibility index (Phi) is 6.97. The number of anilines is 1. The van der Waals surface area contributed by atoms with Crippen molar-refractivity contribution in [3.05, 3.63) is 65.2 Å². The van der Waals surface area contributed by atoms with Gasteiger partial charge in [-0.25, -0.2) is 4.98 Å². The van der Waals surface area contributed by atoms with Crippen molar-refractivity contribution in [2.24, 2.45) is 0 Å². The topological polar surface area (TPSA) is 104 Å². The number of thiazole rings is 1. The summed E-state index contributed by atoms with van der Waals surface area (Å²) in [4.78, 5) is 17.8. The summed E-state index contributed by atoms with van der Waals surface area (Å²) in [6.45, 7) is 0. The van der Waals surface area contributed by atoms with E-state index in [0.29, 0.717) is 10.3 Å². The summed E-state index contributed by atoms with van der Waals surface area (Å²) in [6.07, 6.45) is 2.52. The first-order valence-corrected chi connectivity index (χ1v) is 11.4. The van der Waals surface area contributed by atoms with Crippen molar-refractivity contribution < 1.29 is 14.3 Å². The van der Waals surface area contributed by atoms with Gasteiger partial charge in [0.2, 0.25) is 11.1 Å². The van der Waals surface area contributed by atoms with Crippen LogP contribution < -0.4 is 14.8 Å². The van der Waals surface area contributed by atoms with Gasteiger partial charge in [-0.15, -0.1) is 16.4 Å². The summed E-state index contributed by atoms with van der Waals surface area (Å²) < 4.78 is 11.9. The number of thioether (sulfide) groups is 1. The van der Waals surface area contributed by atoms with Crippen molar-refractivity contribution in [2.45, 2.75) is 11.6 Å². The molecule has 0 spiro atoms. The number of hydrogen-bond donors (Lipinski definition) is 1. The molecule has 0 saturated carbocycles. The van der Waals surface area contributed by atoms with Gasteiger partial charge in [0.15, 0.2) is 5.13 Å². The highest BCUT2D eigenvalue weighted by Gasteiger charge is 2.13. The third-order valence-electron chi connectivity index (χ3n) is 4.43. The number of nitrogens with one attached hydrogen (secondary N) is 1. The number of benzene rings is 2. The number of nitrogens with zero attached hydrogens (tertiary/aromatic N) is 5. The Bertz CT molecular complexity index is 1170. The predicted molar refractivity (Wildman–Crippen MR) is 123 cm³/mol. The maximum absolute atomic E-state index is 12.4. The zero-order valence-electron chi connectivity index (χ0n) is 17.4. The van der Waals surface area contributed by atoms with Crippen LogP contribution in [-0.4, -0.2) is 51.1 Å². The number of hydrogen-bond acceptors (Lipinski definition) is 9. The highest BCUT2D eigenvalue weighted by atomic mass is 32.2. The Morgan fingerprint density at radius 2 is 1.75 bits per heavy atom. The van der Waals surface area contributed by atoms with E-state index in [1.165, 1.54) is 23.1 Å². The van der Waals surface area contributed by atoms with E-state index < -0.39 is 0 Å². The molecule has 4 aromatic rings. The largest absolute Gasteiger partial charge is 0.497 e. The number of ether oxygens (including phenoxy) is 2. The van der Waals surface area contributed by atoms with E-state index in [1.807, 2.05) is 48.5 Å². The molecule has 2 aromatic heterocycles. The van der Waals surface area contributed by atoms with Crippen LogP contribution in [0.15, 0.2) is 59.9 Å². The third kappa shape index (κ3) is 5.42. The molecule has 0 unspecified atom stereocenters. The maximum Gasteiger partial charge on any atom is 0.236 e. The van der Waals surface area contributed by atoms with E-state index in [9.17, 15) is 4.79 Å². The van der Waals surface area contributed by atoms with Gasteiger partial charge >= 0.3 is 0 Å². The SMILES string of the molecule is COc1ccc(Cc2cnc(NC(=O)CSc3nnnn3-c3ccc(OC)cc3)s2)cc1. The number of tetrazole rings is 1. The molecule has 0 fully saturated rings. The van der Waals surface area contributed by atoms with Crippen LogP contribution in [0.25, 0.3) is 5.69 Å². The summed E-state index contributed by atoms with van der Waals surface area (Å²) >= 11 is 2.70. The first-order valence-electron chi connectivity index (χ1n) is 9.57. The zero-order valence-corrected chi connectivity index (χ0v) is 19.0. The van der Waals surface area contributed by atoms with E-state index in [1.54, 1.807) is 25.1 Å². The summed E-state index contributed by atoms with van der Waals surface area (Å²) in [6, 6.07) is 15.2. The molecule has 0 radical (unpaired) electrons. The normalized spacial score (nSPS) is 10.7. The number of carbonyl (C=O) groups is 1. The maximum atomic E-state index is 12.4. The van der Waals surface area contributed by atoms with Gasteiger partial charge in [0.05, 0.1) is 25.7 Å². The minimum Gasteiger partial charge on any atom is -0.497 e. The Morgan fingerprint density at radius 1 is 1.06 bits per heavy atom. The second-order valence-electron chi connectivity index (χ2n) is 6.56. The Balaban J connectivity index is 1.31. The van der Waals surface area contributed by atoms with Crippen molar-refractivity contribution in [1.82, 2.24) is 25.2 Å². The number of aromatic nitrogens is 5. The fraction of sp³-hybridized carbons (Fsp3) is 0.190. The van der Waals surface area contributed by atoms with Crippen molar-refractivity contribution in [3.63, 3.8) is 0 Å². The Morgan fingerprint density at radius 3 is 2.44 bits per heavy atom. The van der Waals surface area contributed by atoms with E-state index in [4.69, 9.17) is 9.47 Å². The van der Waals surface area contributed by atoms with E-state index in [-0.39, 0.29) is 11.7 Å². The lowest BCUT2D eigenvalue weighted by molar-refractivity contribution is -0.113. The van der Waals surface area contributed by atoms with Crippen molar-refractivity contribution in [2.75, 3.05) is 25.3 Å². The second kappa shape index (κ2) is 10.2. The Hall–Kier alpha value is -3.44. The smallest absolute Gasteiger partial charge is 0.236 e. The molecule has 4 rings (SSSR count). The molecule has 1 amide bonds. The van der Waals surface area contributed by atoms with Gasteiger partial charge < -0.3 is 14.8 Å². The molecule has 11 heteroatoms. The van der Waals surface area contributed by atoms with Crippen LogP contribution in [0.4, 0.5) is 5.13 Å². The standard InChI is InChI=1S/C21H20N6O3S2/c1-29-16-7-3-14(4-8-16)11-18-12-22-20(32-18)23-19(28)13-31-21-24-25-26-27(21)15-5-9-17(30-2)10-6-15/h3-10,12H,11,13H2,1-2H3,(H,22,23,28). The monoisotopic (exact) mass is 468 g/mol. The molecule has 1 N–H and O–H groups in total. The lowest BCUT2D eigenvalue weighted by atomic mass is 10.1. The van der Waals surface area contributed by atoms with E-state index in [2.05, 4.69) is 25.8 Å². The highest BCUT2D eigenvalue weighted by Crippen LogP contribution is 2.24. The summed E-state index contributed by atoms with van der Waals surface area (Å²) in [5.41, 5.74) is 1.93. The number of methoxy groups -OCH3 is 2. The fourth-order valence-electron chi connectivity index (χ4n) is 2.83. The van der Waals surface area contributed by atoms with Crippen LogP contribution >= 0.6 is 23.1 Å². The molecular formula is C21H20N6O3S2. The molecule has 0 aliphatic rings. The molecular weight excluding hydrogens is 448 g/mol. The quantitative estimate of drug-likeness (QED) is 0.373. The number of rotatable bonds is 9. The van der Waals surface area contributed by atoms with Gasteiger partial charge in [-0.3, -0.25) is 4.79 Å². The minimum absolute atomic E-state index is 0.157. The van der Waals surface area contributed by atoms with Crippen molar-refractivity contribution in [3.8, 4) is 17.2 Å². The third-order valence-corrected chi connectivity index (χ3v) is 6.26. The molecule has 0 atom stereocenters. The lowest BCUT2D eigenvalue weighted by Gasteiger charge is -2.05. The molecule has 2 heterocycles. The fourth-order valence-corrected chi connectivity index (χ4v) is 4.39. The van der Waals surface area contributed by atoms with Gasteiger partial charge in [-0.05, 0) is 52.4 Å². The van der Waals surface area contributed by atoms with Gasteiger partial charge in [0.1, 0.15) is 11.5 Å². The Labute approximate surface area is 192 Å². The molecule has 9 nitrogen and oxygen atoms in total. The van der Waals surface area contributed by atoms with Crippen LogP contribution in [0.1, 0.15) is 10.4 Å². The van der Waals surface area contributed by atoms with Crippen LogP contribution in [-0.2, 0) is 11.2 Å². The van der Waals surface area contributed by atoms with Gasteiger partial charge in [0, 0.05) is 17.5 Å². The molecule has 0 saturated heterocycles. The van der Waals surface area contributed by atoms with E-state index >= 15 is 0 Å². The first-order chi connectivity index (χ1) is 15.6. The summed E-state index contributed by atoms with van der Waals surface area (Å²) in [5, 5.41) is 15.6. The molecule has 0 aliphatic carbocycles. The van der Waals surface area contributed by atoms with Gasteiger partial charge in [-0.1, -0.05) is 23.9 Å². The van der Waals surface area contributed by atoms with Crippen LogP contribution in [0.3, 0.4) is 0 Å². The summed E-state index contributed by atoms with van der Waals surface area (Å²) in [7, 11) is 3.25. The molecule has 32 heavy (non-hydrogen) atoms. The highest BCUT2D eigenvalue weighted by molar-refractivity contribution is 7.99. The first kappa shape index (κ1) is 21.8. The van der Waals surface area contributed by atoms with Gasteiger partial charge in [-0.2, -0.15) is 4.68 Å². The van der Waals surface area contributed by atoms with Gasteiger partial charge in [0.25, 0.3) is 0 Å². The zero-order chi connectivity index (χ0) is 22.3. The van der Waals surface area contributed by atoms with Crippen molar-refractivity contribution >= 4 is 34.1 Å². The van der Waals surface area contributed by atoms with Crippen LogP contribution in [0.5, 0.6) is 11.5 Å². The minimum atomic E-state index is -0.176. The number of carbonyl (C=O) groups excluding carboxylic acids is 1.